The van der Waals surface area contributed by atoms with Gasteiger partial charge in [0.05, 0.1) is 17.3 Å². The lowest BCUT2D eigenvalue weighted by Gasteiger charge is -2.32. The van der Waals surface area contributed by atoms with Crippen LogP contribution in [0.4, 0.5) is 0 Å². The molecule has 5 nitrogen and oxygen atoms in total. The first kappa shape index (κ1) is 14.4. The van der Waals surface area contributed by atoms with Crippen LogP contribution in [0.15, 0.2) is 12.4 Å². The number of hydrogen-bond donors (Lipinski definition) is 0. The predicted octanol–water partition coefficient (Wildman–Crippen LogP) is 1.79. The molecule has 1 saturated carbocycles. The number of nitrogens with zero attached hydrogens (tertiary/aromatic N) is 2. The number of aromatic nitrogens is 1. The molecule has 0 unspecified atom stereocenters. The highest BCUT2D eigenvalue weighted by Gasteiger charge is 2.53. The van der Waals surface area contributed by atoms with Gasteiger partial charge in [-0.25, -0.2) is 0 Å². The van der Waals surface area contributed by atoms with E-state index in [1.807, 2.05) is 27.7 Å². The minimum absolute atomic E-state index is 0.195. The van der Waals surface area contributed by atoms with Gasteiger partial charge >= 0.3 is 7.12 Å². The lowest BCUT2D eigenvalue weighted by molar-refractivity contribution is 0.00578. The normalized spacial score (nSPS) is 22.9. The molecule has 21 heavy (non-hydrogen) atoms. The number of rotatable bonds is 3. The van der Waals surface area contributed by atoms with Gasteiger partial charge < -0.3 is 14.0 Å². The molecule has 0 N–H and O–H groups in total. The highest BCUT2D eigenvalue weighted by molar-refractivity contribution is 6.63. The monoisotopic (exact) mass is 286 g/mol. The van der Waals surface area contributed by atoms with E-state index in [0.29, 0.717) is 16.8 Å². The molecule has 0 radical (unpaired) electrons. The summed E-state index contributed by atoms with van der Waals surface area (Å²) >= 11 is 0. The smallest absolute Gasteiger partial charge is 0.489 e. The van der Waals surface area contributed by atoms with Gasteiger partial charge in [-0.15, -0.1) is 0 Å². The Kier molecular flexibility index (Phi) is 3.23. The Hall–Kier alpha value is -1.58. The number of pyridine rings is 1. The van der Waals surface area contributed by atoms with Crippen molar-refractivity contribution in [3.63, 3.8) is 0 Å². The van der Waals surface area contributed by atoms with Crippen molar-refractivity contribution in [3.8, 4) is 11.8 Å². The number of hydrogen-bond acceptors (Lipinski definition) is 5. The van der Waals surface area contributed by atoms with Crippen LogP contribution in [0.5, 0.6) is 5.75 Å². The Labute approximate surface area is 125 Å². The van der Waals surface area contributed by atoms with E-state index in [9.17, 15) is 5.26 Å². The average molecular weight is 286 g/mol. The van der Waals surface area contributed by atoms with Crippen LogP contribution in [0.25, 0.3) is 0 Å². The van der Waals surface area contributed by atoms with Crippen LogP contribution in [-0.4, -0.2) is 29.4 Å². The number of ether oxygens (including phenoxy) is 1. The van der Waals surface area contributed by atoms with E-state index < -0.39 is 18.3 Å². The van der Waals surface area contributed by atoms with Crippen LogP contribution >= 0.6 is 0 Å². The molecule has 2 fully saturated rings. The highest BCUT2D eigenvalue weighted by Crippen LogP contribution is 2.38. The SMILES string of the molecule is CC1(C)OB(c2cncc(C#N)c2OC2CC2)OC1(C)C. The third kappa shape index (κ3) is 2.52. The lowest BCUT2D eigenvalue weighted by Crippen LogP contribution is -2.41. The quantitative estimate of drug-likeness (QED) is 0.793. The summed E-state index contributed by atoms with van der Waals surface area (Å²) in [5.41, 5.74) is 0.252. The molecular formula is C15H19BN2O3. The zero-order chi connectivity index (χ0) is 15.3. The predicted molar refractivity (Wildman–Crippen MR) is 78.3 cm³/mol. The fourth-order valence-corrected chi connectivity index (χ4v) is 2.17. The van der Waals surface area contributed by atoms with Gasteiger partial charge in [-0.1, -0.05) is 0 Å². The highest BCUT2D eigenvalue weighted by atomic mass is 16.7. The Morgan fingerprint density at radius 3 is 2.38 bits per heavy atom. The van der Waals surface area contributed by atoms with Crippen LogP contribution in [-0.2, 0) is 9.31 Å². The zero-order valence-corrected chi connectivity index (χ0v) is 12.8. The molecule has 0 amide bonds. The van der Waals surface area contributed by atoms with E-state index in [4.69, 9.17) is 14.0 Å². The van der Waals surface area contributed by atoms with Crippen molar-refractivity contribution in [3.05, 3.63) is 18.0 Å². The summed E-state index contributed by atoms with van der Waals surface area (Å²) in [5, 5.41) is 9.27. The van der Waals surface area contributed by atoms with Crippen molar-refractivity contribution in [2.75, 3.05) is 0 Å². The molecule has 1 aromatic rings. The first-order chi connectivity index (χ1) is 9.84. The second kappa shape index (κ2) is 4.72. The van der Waals surface area contributed by atoms with Crippen LogP contribution in [0.3, 0.4) is 0 Å². The van der Waals surface area contributed by atoms with Gasteiger partial charge in [-0.2, -0.15) is 5.26 Å². The molecule has 1 saturated heterocycles. The third-order valence-corrected chi connectivity index (χ3v) is 4.36. The van der Waals surface area contributed by atoms with Crippen molar-refractivity contribution in [2.24, 2.45) is 0 Å². The van der Waals surface area contributed by atoms with Gasteiger partial charge in [-0.05, 0) is 40.5 Å². The van der Waals surface area contributed by atoms with Gasteiger partial charge in [0.15, 0.2) is 0 Å². The van der Waals surface area contributed by atoms with Gasteiger partial charge in [0.1, 0.15) is 17.4 Å². The van der Waals surface area contributed by atoms with Crippen molar-refractivity contribution in [1.29, 1.82) is 5.26 Å². The molecule has 2 aliphatic rings. The topological polar surface area (TPSA) is 64.4 Å². The molecule has 1 aliphatic heterocycles. The molecular weight excluding hydrogens is 267 g/mol. The van der Waals surface area contributed by atoms with E-state index >= 15 is 0 Å². The van der Waals surface area contributed by atoms with Crippen molar-refractivity contribution in [2.45, 2.75) is 57.8 Å². The number of nitriles is 1. The van der Waals surface area contributed by atoms with Crippen LogP contribution in [0.2, 0.25) is 0 Å². The molecule has 2 heterocycles. The lowest BCUT2D eigenvalue weighted by atomic mass is 9.79. The van der Waals surface area contributed by atoms with Gasteiger partial charge in [0.25, 0.3) is 0 Å². The standard InChI is InChI=1S/C15H19BN2O3/c1-14(2)15(3,4)21-16(20-14)12-9-18-8-10(7-17)13(12)19-11-5-6-11/h8-9,11H,5-6H2,1-4H3. The van der Waals surface area contributed by atoms with Gasteiger partial charge in [0, 0.05) is 17.9 Å². The largest absolute Gasteiger partial charge is 0.500 e. The molecule has 0 bridgehead atoms. The zero-order valence-electron chi connectivity index (χ0n) is 12.8. The van der Waals surface area contributed by atoms with E-state index in [1.54, 1.807) is 6.20 Å². The van der Waals surface area contributed by atoms with Crippen molar-refractivity contribution in [1.82, 2.24) is 4.98 Å². The second-order valence-electron chi connectivity index (χ2n) is 6.62. The van der Waals surface area contributed by atoms with Gasteiger partial charge in [0.2, 0.25) is 0 Å². The summed E-state index contributed by atoms with van der Waals surface area (Å²) in [5.74, 6) is 0.550. The van der Waals surface area contributed by atoms with E-state index in [-0.39, 0.29) is 6.10 Å². The van der Waals surface area contributed by atoms with Crippen LogP contribution < -0.4 is 10.2 Å². The molecule has 110 valence electrons. The Bertz CT molecular complexity index is 589. The van der Waals surface area contributed by atoms with Gasteiger partial charge in [-0.3, -0.25) is 4.98 Å². The maximum absolute atomic E-state index is 9.27. The maximum Gasteiger partial charge on any atom is 0.500 e. The first-order valence-corrected chi connectivity index (χ1v) is 7.24. The molecule has 0 atom stereocenters. The molecule has 3 rings (SSSR count). The summed E-state index contributed by atoms with van der Waals surface area (Å²) < 4.78 is 18.0. The summed E-state index contributed by atoms with van der Waals surface area (Å²) in [6, 6.07) is 2.14. The third-order valence-electron chi connectivity index (χ3n) is 4.36. The minimum Gasteiger partial charge on any atom is -0.489 e. The van der Waals surface area contributed by atoms with Crippen LogP contribution in [0, 0.1) is 11.3 Å². The minimum atomic E-state index is -0.565. The fourth-order valence-electron chi connectivity index (χ4n) is 2.17. The van der Waals surface area contributed by atoms with E-state index in [2.05, 4.69) is 11.1 Å². The van der Waals surface area contributed by atoms with Crippen LogP contribution in [0.1, 0.15) is 46.1 Å². The molecule has 6 heteroatoms. The maximum atomic E-state index is 9.27. The summed E-state index contributed by atoms with van der Waals surface area (Å²) in [6.07, 6.45) is 5.43. The Balaban J connectivity index is 1.97. The Morgan fingerprint density at radius 2 is 1.86 bits per heavy atom. The second-order valence-corrected chi connectivity index (χ2v) is 6.62. The fraction of sp³-hybridized carbons (Fsp3) is 0.600. The van der Waals surface area contributed by atoms with Crippen molar-refractivity contribution >= 4 is 12.6 Å². The summed E-state index contributed by atoms with van der Waals surface area (Å²) in [7, 11) is -0.565. The van der Waals surface area contributed by atoms with E-state index in [0.717, 1.165) is 12.8 Å². The molecule has 0 aromatic carbocycles. The molecule has 1 aromatic heterocycles. The van der Waals surface area contributed by atoms with E-state index in [1.165, 1.54) is 6.20 Å². The average Bonchev–Trinajstić information content (AvgIpc) is 3.17. The molecule has 0 spiro atoms. The summed E-state index contributed by atoms with van der Waals surface area (Å²) in [4.78, 5) is 4.12. The Morgan fingerprint density at radius 1 is 1.24 bits per heavy atom. The molecule has 1 aliphatic carbocycles. The van der Waals surface area contributed by atoms with Crippen molar-refractivity contribution < 1.29 is 14.0 Å². The summed E-state index contributed by atoms with van der Waals surface area (Å²) in [6.45, 7) is 7.98. The first-order valence-electron chi connectivity index (χ1n) is 7.24.